The zero-order chi connectivity index (χ0) is 16.2. The van der Waals surface area contributed by atoms with Crippen LogP contribution in [-0.4, -0.2) is 21.4 Å². The maximum atomic E-state index is 12.2. The monoisotopic (exact) mass is 365 g/mol. The highest BCUT2D eigenvalue weighted by Crippen LogP contribution is 2.29. The third-order valence-electron chi connectivity index (χ3n) is 2.88. The molecule has 0 bridgehead atoms. The summed E-state index contributed by atoms with van der Waals surface area (Å²) in [7, 11) is 0. The Labute approximate surface area is 146 Å². The number of nitrogens with one attached hydrogen (secondary N) is 1. The highest BCUT2D eigenvalue weighted by atomic mass is 35.5. The fourth-order valence-corrected chi connectivity index (χ4v) is 3.29. The molecule has 1 aromatic carbocycles. The largest absolute Gasteiger partial charge is 0.410 e. The van der Waals surface area contributed by atoms with Gasteiger partial charge in [-0.15, -0.1) is 21.5 Å². The van der Waals surface area contributed by atoms with Gasteiger partial charge in [0.2, 0.25) is 5.91 Å². The van der Waals surface area contributed by atoms with Gasteiger partial charge in [0.15, 0.2) is 0 Å². The molecule has 5 nitrogen and oxygen atoms in total. The number of thiophene rings is 1. The van der Waals surface area contributed by atoms with E-state index in [4.69, 9.17) is 16.0 Å². The number of amides is 1. The van der Waals surface area contributed by atoms with Gasteiger partial charge in [-0.1, -0.05) is 35.5 Å². The molecule has 0 aliphatic rings. The molecule has 0 aliphatic carbocycles. The van der Waals surface area contributed by atoms with Gasteiger partial charge in [0.05, 0.1) is 10.1 Å². The summed E-state index contributed by atoms with van der Waals surface area (Å²) < 4.78 is 5.57. The lowest BCUT2D eigenvalue weighted by Gasteiger charge is -2.09. The average Bonchev–Trinajstić information content (AvgIpc) is 3.17. The van der Waals surface area contributed by atoms with E-state index in [9.17, 15) is 4.79 Å². The SMILES string of the molecule is C[C@H](Sc1nnc(-c2cccs2)o1)C(=O)Nc1cccc(Cl)c1. The van der Waals surface area contributed by atoms with Crippen LogP contribution in [0.2, 0.25) is 5.02 Å². The molecule has 8 heteroatoms. The van der Waals surface area contributed by atoms with Crippen molar-refractivity contribution in [3.8, 4) is 10.8 Å². The number of hydrogen-bond acceptors (Lipinski definition) is 6. The molecule has 1 N–H and O–H groups in total. The molecule has 0 radical (unpaired) electrons. The Kier molecular flexibility index (Phi) is 5.00. The highest BCUT2D eigenvalue weighted by molar-refractivity contribution is 8.00. The van der Waals surface area contributed by atoms with Crippen molar-refractivity contribution in [3.63, 3.8) is 0 Å². The van der Waals surface area contributed by atoms with Crippen LogP contribution in [0.25, 0.3) is 10.8 Å². The van der Waals surface area contributed by atoms with Gasteiger partial charge in [0.25, 0.3) is 11.1 Å². The zero-order valence-electron chi connectivity index (χ0n) is 12.0. The van der Waals surface area contributed by atoms with Crippen LogP contribution in [0, 0.1) is 0 Å². The lowest BCUT2D eigenvalue weighted by atomic mass is 10.3. The van der Waals surface area contributed by atoms with E-state index in [-0.39, 0.29) is 11.2 Å². The van der Waals surface area contributed by atoms with Gasteiger partial charge < -0.3 is 9.73 Å². The minimum absolute atomic E-state index is 0.159. The summed E-state index contributed by atoms with van der Waals surface area (Å²) in [5.74, 6) is 0.304. The third kappa shape index (κ3) is 4.13. The topological polar surface area (TPSA) is 68.0 Å². The molecule has 0 fully saturated rings. The van der Waals surface area contributed by atoms with E-state index in [2.05, 4.69) is 15.5 Å². The number of carbonyl (C=O) groups excluding carboxylic acids is 1. The summed E-state index contributed by atoms with van der Waals surface area (Å²) in [6, 6.07) is 10.8. The van der Waals surface area contributed by atoms with Gasteiger partial charge in [0.1, 0.15) is 0 Å². The number of thioether (sulfide) groups is 1. The molecular formula is C15H12ClN3O2S2. The molecule has 0 saturated carbocycles. The Morgan fingerprint density at radius 3 is 2.96 bits per heavy atom. The van der Waals surface area contributed by atoms with Crippen LogP contribution in [0.4, 0.5) is 5.69 Å². The smallest absolute Gasteiger partial charge is 0.277 e. The summed E-state index contributed by atoms with van der Waals surface area (Å²) in [6.45, 7) is 1.78. The number of carbonyl (C=O) groups is 1. The van der Waals surface area contributed by atoms with Crippen molar-refractivity contribution in [2.75, 3.05) is 5.32 Å². The lowest BCUT2D eigenvalue weighted by Crippen LogP contribution is -2.22. The fraction of sp³-hybridized carbons (Fsp3) is 0.133. The second-order valence-electron chi connectivity index (χ2n) is 4.61. The molecule has 0 aliphatic heterocycles. The van der Waals surface area contributed by atoms with Crippen LogP contribution in [0.15, 0.2) is 51.4 Å². The predicted octanol–water partition coefficient (Wildman–Crippen LogP) is 4.57. The van der Waals surface area contributed by atoms with Crippen molar-refractivity contribution >= 4 is 46.3 Å². The quantitative estimate of drug-likeness (QED) is 0.671. The van der Waals surface area contributed by atoms with E-state index in [1.807, 2.05) is 17.5 Å². The van der Waals surface area contributed by atoms with Crippen molar-refractivity contribution in [2.45, 2.75) is 17.4 Å². The lowest BCUT2D eigenvalue weighted by molar-refractivity contribution is -0.115. The van der Waals surface area contributed by atoms with Crippen molar-refractivity contribution in [2.24, 2.45) is 0 Å². The molecular weight excluding hydrogens is 354 g/mol. The summed E-state index contributed by atoms with van der Waals surface area (Å²) in [6.07, 6.45) is 0. The third-order valence-corrected chi connectivity index (χ3v) is 4.90. The van der Waals surface area contributed by atoms with Gasteiger partial charge in [-0.05, 0) is 36.6 Å². The first-order chi connectivity index (χ1) is 11.1. The van der Waals surface area contributed by atoms with E-state index in [0.717, 1.165) is 4.88 Å². The van der Waals surface area contributed by atoms with Crippen molar-refractivity contribution < 1.29 is 9.21 Å². The van der Waals surface area contributed by atoms with Crippen molar-refractivity contribution in [3.05, 3.63) is 46.8 Å². The number of benzene rings is 1. The molecule has 3 aromatic rings. The molecule has 2 aromatic heterocycles. The second kappa shape index (κ2) is 7.16. The molecule has 3 rings (SSSR count). The van der Waals surface area contributed by atoms with E-state index < -0.39 is 0 Å². The predicted molar refractivity (Wildman–Crippen MR) is 93.0 cm³/mol. The maximum absolute atomic E-state index is 12.2. The Morgan fingerprint density at radius 1 is 1.35 bits per heavy atom. The number of halogens is 1. The van der Waals surface area contributed by atoms with Gasteiger partial charge in [0, 0.05) is 10.7 Å². The molecule has 0 saturated heterocycles. The first-order valence-electron chi connectivity index (χ1n) is 6.72. The van der Waals surface area contributed by atoms with Crippen LogP contribution in [0.5, 0.6) is 0 Å². The molecule has 118 valence electrons. The van der Waals surface area contributed by atoms with Crippen LogP contribution in [-0.2, 0) is 4.79 Å². The molecule has 1 amide bonds. The molecule has 1 atom stereocenters. The second-order valence-corrected chi connectivity index (χ2v) is 7.29. The van der Waals surface area contributed by atoms with Crippen LogP contribution in [0.3, 0.4) is 0 Å². The highest BCUT2D eigenvalue weighted by Gasteiger charge is 2.19. The number of hydrogen-bond donors (Lipinski definition) is 1. The van der Waals surface area contributed by atoms with Gasteiger partial charge in [-0.3, -0.25) is 4.79 Å². The normalized spacial score (nSPS) is 12.1. The number of anilines is 1. The van der Waals surface area contributed by atoms with E-state index in [1.165, 1.54) is 23.1 Å². The number of nitrogens with zero attached hydrogens (tertiary/aromatic N) is 2. The molecule has 0 spiro atoms. The minimum Gasteiger partial charge on any atom is -0.410 e. The summed E-state index contributed by atoms with van der Waals surface area (Å²) >= 11 is 8.63. The fourth-order valence-electron chi connectivity index (χ4n) is 1.77. The van der Waals surface area contributed by atoms with Gasteiger partial charge in [-0.25, -0.2) is 0 Å². The summed E-state index contributed by atoms with van der Waals surface area (Å²) in [5, 5.41) is 13.3. The number of aromatic nitrogens is 2. The van der Waals surface area contributed by atoms with Crippen molar-refractivity contribution in [1.29, 1.82) is 0 Å². The zero-order valence-corrected chi connectivity index (χ0v) is 14.4. The first kappa shape index (κ1) is 16.0. The van der Waals surface area contributed by atoms with E-state index in [0.29, 0.717) is 21.8 Å². The van der Waals surface area contributed by atoms with E-state index in [1.54, 1.807) is 31.2 Å². The number of rotatable bonds is 5. The molecule has 0 unspecified atom stereocenters. The van der Waals surface area contributed by atoms with Crippen molar-refractivity contribution in [1.82, 2.24) is 10.2 Å². The Morgan fingerprint density at radius 2 is 2.22 bits per heavy atom. The molecule has 2 heterocycles. The van der Waals surface area contributed by atoms with Crippen LogP contribution >= 0.6 is 34.7 Å². The Balaban J connectivity index is 1.62. The minimum atomic E-state index is -0.384. The summed E-state index contributed by atoms with van der Waals surface area (Å²) in [4.78, 5) is 13.1. The maximum Gasteiger partial charge on any atom is 0.277 e. The summed E-state index contributed by atoms with van der Waals surface area (Å²) in [5.41, 5.74) is 0.653. The van der Waals surface area contributed by atoms with Gasteiger partial charge >= 0.3 is 0 Å². The Hall–Kier alpha value is -1.83. The van der Waals surface area contributed by atoms with Crippen LogP contribution < -0.4 is 5.32 Å². The average molecular weight is 366 g/mol. The van der Waals surface area contributed by atoms with E-state index >= 15 is 0 Å². The van der Waals surface area contributed by atoms with Crippen LogP contribution in [0.1, 0.15) is 6.92 Å². The first-order valence-corrected chi connectivity index (χ1v) is 8.86. The molecule has 23 heavy (non-hydrogen) atoms. The standard InChI is InChI=1S/C15H12ClN3O2S2/c1-9(13(20)17-11-5-2-4-10(16)8-11)23-15-19-18-14(21-15)12-6-3-7-22-12/h2-9H,1H3,(H,17,20)/t9-/m0/s1. The van der Waals surface area contributed by atoms with Gasteiger partial charge in [-0.2, -0.15) is 0 Å². The Bertz CT molecular complexity index is 805.